The number of ether oxygens (including phenoxy) is 8. The summed E-state index contributed by atoms with van der Waals surface area (Å²) in [6.45, 7) is 0.0247. The van der Waals surface area contributed by atoms with E-state index in [2.05, 4.69) is 28.6 Å². The summed E-state index contributed by atoms with van der Waals surface area (Å²) in [4.78, 5) is 49.9. The van der Waals surface area contributed by atoms with E-state index in [-0.39, 0.29) is 25.5 Å². The second kappa shape index (κ2) is 24.7. The van der Waals surface area contributed by atoms with E-state index in [9.17, 15) is 80.5 Å². The molecule has 0 bridgehead atoms. The predicted molar refractivity (Wildman–Crippen MR) is 213 cm³/mol. The smallest absolute Gasteiger partial charge is 0.364 e. The van der Waals surface area contributed by atoms with Gasteiger partial charge in [-0.05, 0) is 19.1 Å². The topological polar surface area (TPSA) is 421 Å². The van der Waals surface area contributed by atoms with E-state index in [0.29, 0.717) is 12.2 Å². The average molecular weight is 966 g/mol. The van der Waals surface area contributed by atoms with Crippen LogP contribution in [0, 0.1) is 0 Å². The SMILES string of the molecule is CC(=O)N[C@H]1[C@H]([C@H](O)[C@H](O)CO)O[C@@](O[C@H]2[C@@H](O)[C@@H](CO)O[C@@H](O[C@H]3[C@H](O[C@@H]4O[C@@H](C)[C@@H](O)[C@@H](O)[C@@H]4O)[C@@H](NC(C)=O)C(OCCNC(=O)CCCS)O[C@@H]3CO)[C@@H]2O)(C(=O)O)C[C@@H]1O. The van der Waals surface area contributed by atoms with Crippen LogP contribution in [0.3, 0.4) is 0 Å². The highest BCUT2D eigenvalue weighted by Gasteiger charge is 2.61. The fourth-order valence-electron chi connectivity index (χ4n) is 7.81. The Morgan fingerprint density at radius 3 is 1.95 bits per heavy atom. The second-order valence-electron chi connectivity index (χ2n) is 16.1. The number of carboxylic acid groups (broad SMARTS) is 1. The first-order valence-corrected chi connectivity index (χ1v) is 21.4. The fourth-order valence-corrected chi connectivity index (χ4v) is 7.97. The lowest BCUT2D eigenvalue weighted by Gasteiger charge is -2.51. The number of aliphatic hydroxyl groups excluding tert-OH is 11. The predicted octanol–water partition coefficient (Wildman–Crippen LogP) is -8.38. The Labute approximate surface area is 377 Å². The summed E-state index contributed by atoms with van der Waals surface area (Å²) in [7, 11) is 0. The average Bonchev–Trinajstić information content (AvgIpc) is 3.26. The van der Waals surface area contributed by atoms with E-state index in [1.807, 2.05) is 0 Å². The molecule has 21 atom stereocenters. The largest absolute Gasteiger partial charge is 0.477 e. The van der Waals surface area contributed by atoms with E-state index in [4.69, 9.17) is 37.9 Å². The minimum atomic E-state index is -3.14. The number of hydrogen-bond donors (Lipinski definition) is 16. The van der Waals surface area contributed by atoms with Crippen LogP contribution in [0.15, 0.2) is 0 Å². The van der Waals surface area contributed by atoms with Crippen molar-refractivity contribution >= 4 is 36.3 Å². The summed E-state index contributed by atoms with van der Waals surface area (Å²) in [5.41, 5.74) is 0. The van der Waals surface area contributed by atoms with Crippen molar-refractivity contribution < 1.29 is 118 Å². The Kier molecular flexibility index (Phi) is 20.9. The Balaban J connectivity index is 1.72. The molecule has 4 aliphatic heterocycles. The Hall–Kier alpha value is -2.53. The van der Waals surface area contributed by atoms with Crippen LogP contribution in [-0.4, -0.2) is 252 Å². The van der Waals surface area contributed by atoms with Gasteiger partial charge in [0.05, 0.1) is 44.7 Å². The highest BCUT2D eigenvalue weighted by atomic mass is 32.1. The molecule has 27 nitrogen and oxygen atoms in total. The monoisotopic (exact) mass is 965 g/mol. The molecule has 4 rings (SSSR count). The van der Waals surface area contributed by atoms with Gasteiger partial charge in [-0.2, -0.15) is 12.6 Å². The molecule has 0 saturated carbocycles. The molecule has 4 heterocycles. The van der Waals surface area contributed by atoms with Gasteiger partial charge in [0, 0.05) is 33.2 Å². The quantitative estimate of drug-likeness (QED) is 0.0375. The molecular formula is C37H63N3O24S. The van der Waals surface area contributed by atoms with Crippen molar-refractivity contribution in [2.75, 3.05) is 38.7 Å². The molecule has 4 aliphatic rings. The maximum Gasteiger partial charge on any atom is 0.364 e. The van der Waals surface area contributed by atoms with Crippen LogP contribution in [0.1, 0.15) is 40.0 Å². The number of carbonyl (C=O) groups excluding carboxylic acids is 3. The number of amides is 3. The molecule has 28 heteroatoms. The first-order valence-electron chi connectivity index (χ1n) is 20.8. The lowest BCUT2D eigenvalue weighted by Crippen LogP contribution is -2.71. The number of carboxylic acids is 1. The molecule has 0 spiro atoms. The van der Waals surface area contributed by atoms with Crippen molar-refractivity contribution in [3.63, 3.8) is 0 Å². The van der Waals surface area contributed by atoms with Crippen molar-refractivity contribution in [1.29, 1.82) is 0 Å². The second-order valence-corrected chi connectivity index (χ2v) is 16.5. The van der Waals surface area contributed by atoms with Gasteiger partial charge in [-0.25, -0.2) is 4.79 Å². The third kappa shape index (κ3) is 13.4. The Morgan fingerprint density at radius 1 is 0.769 bits per heavy atom. The van der Waals surface area contributed by atoms with Gasteiger partial charge in [0.2, 0.25) is 17.7 Å². The summed E-state index contributed by atoms with van der Waals surface area (Å²) < 4.78 is 47.0. The maximum absolute atomic E-state index is 13.0. The lowest BCUT2D eigenvalue weighted by atomic mass is 9.88. The van der Waals surface area contributed by atoms with E-state index in [1.54, 1.807) is 0 Å². The number of aliphatic hydroxyl groups is 11. The van der Waals surface area contributed by atoms with Crippen molar-refractivity contribution in [2.45, 2.75) is 168 Å². The number of thiol groups is 1. The highest BCUT2D eigenvalue weighted by Crippen LogP contribution is 2.39. The molecule has 15 N–H and O–H groups in total. The van der Waals surface area contributed by atoms with Crippen LogP contribution >= 0.6 is 12.6 Å². The number of carbonyl (C=O) groups is 4. The van der Waals surface area contributed by atoms with Gasteiger partial charge in [-0.15, -0.1) is 0 Å². The first kappa shape index (κ1) is 55.1. The number of nitrogens with one attached hydrogen (secondary N) is 3. The zero-order valence-electron chi connectivity index (χ0n) is 35.6. The molecular weight excluding hydrogens is 902 g/mol. The summed E-state index contributed by atoms with van der Waals surface area (Å²) in [5.74, 6) is -6.54. The van der Waals surface area contributed by atoms with Gasteiger partial charge >= 0.3 is 5.97 Å². The van der Waals surface area contributed by atoms with Crippen LogP contribution in [0.2, 0.25) is 0 Å². The van der Waals surface area contributed by atoms with Crippen LogP contribution in [0.5, 0.6) is 0 Å². The van der Waals surface area contributed by atoms with Gasteiger partial charge in [-0.1, -0.05) is 0 Å². The molecule has 0 radical (unpaired) electrons. The van der Waals surface area contributed by atoms with Gasteiger partial charge < -0.3 is 115 Å². The third-order valence-corrected chi connectivity index (χ3v) is 11.5. The van der Waals surface area contributed by atoms with Crippen LogP contribution in [0.25, 0.3) is 0 Å². The molecule has 0 aliphatic carbocycles. The van der Waals surface area contributed by atoms with E-state index < -0.39 is 172 Å². The van der Waals surface area contributed by atoms with E-state index >= 15 is 0 Å². The molecule has 4 fully saturated rings. The normalized spacial score (nSPS) is 40.9. The highest BCUT2D eigenvalue weighted by molar-refractivity contribution is 7.80. The molecule has 1 unspecified atom stereocenters. The van der Waals surface area contributed by atoms with E-state index in [0.717, 1.165) is 13.8 Å². The Morgan fingerprint density at radius 2 is 1.37 bits per heavy atom. The zero-order chi connectivity index (χ0) is 48.5. The van der Waals surface area contributed by atoms with Gasteiger partial charge in [0.25, 0.3) is 5.79 Å². The molecule has 0 aromatic carbocycles. The molecule has 3 amide bonds. The number of aliphatic carboxylic acids is 1. The van der Waals surface area contributed by atoms with Crippen molar-refractivity contribution in [2.24, 2.45) is 0 Å². The minimum Gasteiger partial charge on any atom is -0.477 e. The summed E-state index contributed by atoms with van der Waals surface area (Å²) in [5, 5.41) is 136. The van der Waals surface area contributed by atoms with Crippen LogP contribution < -0.4 is 16.0 Å². The summed E-state index contributed by atoms with van der Waals surface area (Å²) in [6, 6.07) is -3.13. The van der Waals surface area contributed by atoms with Crippen molar-refractivity contribution in [1.82, 2.24) is 16.0 Å². The molecule has 376 valence electrons. The van der Waals surface area contributed by atoms with Gasteiger partial charge in [0.15, 0.2) is 18.9 Å². The maximum atomic E-state index is 13.0. The molecule has 65 heavy (non-hydrogen) atoms. The van der Waals surface area contributed by atoms with Crippen LogP contribution in [-0.2, 0) is 57.1 Å². The summed E-state index contributed by atoms with van der Waals surface area (Å²) in [6.07, 6.45) is -34.3. The molecule has 4 saturated heterocycles. The fraction of sp³-hybridized carbons (Fsp3) is 0.892. The van der Waals surface area contributed by atoms with Gasteiger partial charge in [0.1, 0.15) is 85.4 Å². The minimum absolute atomic E-state index is 0.0675. The van der Waals surface area contributed by atoms with Crippen molar-refractivity contribution in [3.8, 4) is 0 Å². The van der Waals surface area contributed by atoms with E-state index in [1.165, 1.54) is 6.92 Å². The summed E-state index contributed by atoms with van der Waals surface area (Å²) >= 11 is 4.08. The molecule has 0 aromatic heterocycles. The van der Waals surface area contributed by atoms with Gasteiger partial charge in [-0.3, -0.25) is 14.4 Å². The van der Waals surface area contributed by atoms with Crippen LogP contribution in [0.4, 0.5) is 0 Å². The number of hydrogen-bond acceptors (Lipinski definition) is 24. The zero-order valence-corrected chi connectivity index (χ0v) is 36.5. The standard InChI is InChI=1S/C37H63N3O24S/c1-13-23(49)26(52)27(53)34(58-13)62-31-22(40-15(3)45)33(57-7-6-38-20(48)5-4-8-65)60-19(12-43)29(31)61-35-28(54)32(25(51)18(11-42)59-35)64-37(36(55)56)9-16(46)21(39-14(2)44)30(63-37)24(50)17(47)10-41/h13,16-19,21-35,41-43,46-47,49-54,65H,4-12H2,1-3H3,(H,38,48)(H,39,44)(H,40,45)(H,55,56)/t13-,16-,17+,18+,19+,21+,22+,23+,24+,25-,26+,27-,28+,29+,30+,31+,32-,33?,34-,35-,37-/m0/s1. The Bertz CT molecular complexity index is 1560. The van der Waals surface area contributed by atoms with Crippen molar-refractivity contribution in [3.05, 3.63) is 0 Å². The molecule has 0 aromatic rings. The number of rotatable bonds is 21. The third-order valence-electron chi connectivity index (χ3n) is 11.2. The lowest BCUT2D eigenvalue weighted by molar-refractivity contribution is -0.391. The first-order chi connectivity index (χ1) is 30.6.